The number of imide groups is 2. The third-order valence-electron chi connectivity index (χ3n) is 9.81. The van der Waals surface area contributed by atoms with Gasteiger partial charge in [0.15, 0.2) is 0 Å². The number of halogens is 1. The first-order valence-corrected chi connectivity index (χ1v) is 22.1. The van der Waals surface area contributed by atoms with Crippen molar-refractivity contribution in [2.24, 2.45) is 11.8 Å². The van der Waals surface area contributed by atoms with Crippen LogP contribution in [0.1, 0.15) is 51.9 Å². The number of carbonyl (C=O) groups excluding carboxylic acids is 6. The summed E-state index contributed by atoms with van der Waals surface area (Å²) in [7, 11) is 0. The largest absolute Gasteiger partial charge is 0.450 e. The van der Waals surface area contributed by atoms with Crippen molar-refractivity contribution in [3.8, 4) is 0 Å². The molecule has 0 aliphatic carbocycles. The summed E-state index contributed by atoms with van der Waals surface area (Å²) in [6, 6.07) is 0.216. The minimum Gasteiger partial charge on any atom is -0.450 e. The number of rotatable bonds is 11. The van der Waals surface area contributed by atoms with E-state index >= 15 is 0 Å². The summed E-state index contributed by atoms with van der Waals surface area (Å²) in [4.78, 5) is 77.1. The number of carbonyl (C=O) groups is 6. The van der Waals surface area contributed by atoms with Crippen molar-refractivity contribution in [1.29, 1.82) is 0 Å². The first-order chi connectivity index (χ1) is 25.1. The molecule has 0 spiro atoms. The van der Waals surface area contributed by atoms with Gasteiger partial charge in [-0.25, -0.2) is 9.59 Å². The maximum Gasteiger partial charge on any atom is 0.413 e. The van der Waals surface area contributed by atoms with Crippen molar-refractivity contribution in [1.82, 2.24) is 42.5 Å². The minimum atomic E-state index is -0.893. The number of fused-ring (bicyclic) bond motifs is 2. The van der Waals surface area contributed by atoms with Gasteiger partial charge in [-0.1, -0.05) is 0 Å². The number of nitrogens with one attached hydrogen (secondary N) is 8. The molecule has 6 aliphatic rings. The molecule has 0 aromatic rings. The van der Waals surface area contributed by atoms with E-state index in [1.807, 2.05) is 0 Å². The van der Waals surface area contributed by atoms with Crippen LogP contribution in [0.15, 0.2) is 0 Å². The summed E-state index contributed by atoms with van der Waals surface area (Å²) in [6.45, 7) is 4.39. The molecule has 52 heavy (non-hydrogen) atoms. The molecule has 0 aromatic carbocycles. The zero-order valence-corrected chi connectivity index (χ0v) is 32.7. The quantitative estimate of drug-likeness (QED) is 0.107. The Morgan fingerprint density at radius 1 is 0.769 bits per heavy atom. The molecule has 0 bridgehead atoms. The standard InChI is InChI=1S/C31H47ClN8O8S4/c1-2-47-30(45)39-22(41)15-11-14(49-26(15)37-25(44)29-36-21-19(51-29)6-3-8-34-21)5-4-10-48-31(46)40-23(42)16-12-20(32)52-27(16)38-24(43)28-35-17-13-33-9-7-18(17)50-28/h14-21,26-29,33-36H,2-13H2,1H3,(H,37,44)(H,38,43)(H,39,41,45)(H,40,42,46). The Morgan fingerprint density at radius 2 is 1.44 bits per heavy atom. The molecule has 6 rings (SSSR count). The van der Waals surface area contributed by atoms with E-state index in [4.69, 9.17) is 21.1 Å². The van der Waals surface area contributed by atoms with Crippen LogP contribution in [0.5, 0.6) is 0 Å². The Labute approximate surface area is 324 Å². The first-order valence-electron chi connectivity index (χ1n) is 17.9. The van der Waals surface area contributed by atoms with Gasteiger partial charge in [-0.3, -0.25) is 40.4 Å². The molecule has 6 fully saturated rings. The van der Waals surface area contributed by atoms with Gasteiger partial charge in [-0.2, -0.15) is 0 Å². The summed E-state index contributed by atoms with van der Waals surface area (Å²) < 4.78 is 9.80. The second kappa shape index (κ2) is 18.8. The number of alkyl halides is 1. The molecule has 16 nitrogen and oxygen atoms in total. The topological polar surface area (TPSA) is 217 Å². The molecular weight excluding hydrogens is 776 g/mol. The number of hydrogen-bond donors (Lipinski definition) is 8. The average Bonchev–Trinajstić information content (AvgIpc) is 3.91. The summed E-state index contributed by atoms with van der Waals surface area (Å²) >= 11 is 12.3. The smallest absolute Gasteiger partial charge is 0.413 e. The number of amides is 6. The molecule has 8 N–H and O–H groups in total. The molecule has 290 valence electrons. The molecule has 0 radical (unpaired) electrons. The number of hydrogen-bond acceptors (Lipinski definition) is 16. The van der Waals surface area contributed by atoms with Crippen LogP contribution in [0, 0.1) is 11.8 Å². The van der Waals surface area contributed by atoms with Crippen LogP contribution in [0.25, 0.3) is 0 Å². The predicted octanol–water partition coefficient (Wildman–Crippen LogP) is 0.750. The molecule has 6 amide bonds. The Hall–Kier alpha value is -1.65. The molecule has 0 aromatic heterocycles. The van der Waals surface area contributed by atoms with E-state index in [2.05, 4.69) is 42.5 Å². The first kappa shape index (κ1) is 40.0. The van der Waals surface area contributed by atoms with Crippen LogP contribution in [-0.4, -0.2) is 123 Å². The maximum atomic E-state index is 13.3. The molecule has 6 saturated heterocycles. The second-order valence-electron chi connectivity index (χ2n) is 13.4. The Kier molecular flexibility index (Phi) is 14.5. The molecule has 6 aliphatic heterocycles. The minimum absolute atomic E-state index is 0.0186. The highest BCUT2D eigenvalue weighted by Gasteiger charge is 2.46. The Morgan fingerprint density at radius 3 is 2.15 bits per heavy atom. The monoisotopic (exact) mass is 822 g/mol. The molecule has 6 heterocycles. The van der Waals surface area contributed by atoms with Gasteiger partial charge in [0, 0.05) is 28.3 Å². The van der Waals surface area contributed by atoms with Crippen molar-refractivity contribution in [2.45, 2.75) is 106 Å². The van der Waals surface area contributed by atoms with E-state index in [-0.39, 0.29) is 48.9 Å². The van der Waals surface area contributed by atoms with Crippen LogP contribution in [0.2, 0.25) is 0 Å². The lowest BCUT2D eigenvalue weighted by Gasteiger charge is -2.24. The van der Waals surface area contributed by atoms with Gasteiger partial charge in [0.1, 0.15) is 10.7 Å². The highest BCUT2D eigenvalue weighted by atomic mass is 35.5. The van der Waals surface area contributed by atoms with Gasteiger partial charge in [0.2, 0.25) is 23.6 Å². The van der Waals surface area contributed by atoms with Crippen molar-refractivity contribution in [3.05, 3.63) is 0 Å². The number of alkyl carbamates (subject to hydrolysis) is 2. The van der Waals surface area contributed by atoms with Gasteiger partial charge < -0.3 is 30.7 Å². The van der Waals surface area contributed by atoms with Gasteiger partial charge in [0.25, 0.3) is 0 Å². The lowest BCUT2D eigenvalue weighted by Crippen LogP contribution is -2.52. The van der Waals surface area contributed by atoms with Crippen LogP contribution in [0.4, 0.5) is 9.59 Å². The van der Waals surface area contributed by atoms with Gasteiger partial charge in [-0.15, -0.1) is 58.6 Å². The van der Waals surface area contributed by atoms with E-state index < -0.39 is 62.0 Å². The van der Waals surface area contributed by atoms with E-state index in [0.717, 1.165) is 38.9 Å². The number of thioether (sulfide) groups is 4. The molecule has 12 atom stereocenters. The average molecular weight is 823 g/mol. The van der Waals surface area contributed by atoms with Gasteiger partial charge >= 0.3 is 12.2 Å². The summed E-state index contributed by atoms with van der Waals surface area (Å²) in [5.41, 5.74) is 0. The third kappa shape index (κ3) is 10.3. The van der Waals surface area contributed by atoms with Crippen LogP contribution in [-0.2, 0) is 28.7 Å². The van der Waals surface area contributed by atoms with Crippen LogP contribution < -0.4 is 42.5 Å². The lowest BCUT2D eigenvalue weighted by molar-refractivity contribution is -0.127. The molecular formula is C31H47ClN8O8S4. The van der Waals surface area contributed by atoms with Crippen molar-refractivity contribution in [2.75, 3.05) is 32.8 Å². The van der Waals surface area contributed by atoms with E-state index in [1.165, 1.54) is 23.5 Å². The van der Waals surface area contributed by atoms with Crippen molar-refractivity contribution >= 4 is 94.5 Å². The van der Waals surface area contributed by atoms with Gasteiger partial charge in [-0.05, 0) is 65.0 Å². The van der Waals surface area contributed by atoms with Crippen molar-refractivity contribution in [3.63, 3.8) is 0 Å². The second-order valence-corrected chi connectivity index (χ2v) is 19.7. The zero-order chi connectivity index (χ0) is 36.8. The number of ether oxygens (including phenoxy) is 2. The fraction of sp³-hybridized carbons (Fsp3) is 0.806. The molecule has 21 heteroatoms. The summed E-state index contributed by atoms with van der Waals surface area (Å²) in [5.74, 6) is -2.91. The van der Waals surface area contributed by atoms with Crippen LogP contribution in [0.3, 0.4) is 0 Å². The Balaban J connectivity index is 0.940. The van der Waals surface area contributed by atoms with E-state index in [1.54, 1.807) is 30.4 Å². The van der Waals surface area contributed by atoms with E-state index in [9.17, 15) is 28.8 Å². The highest BCUT2D eigenvalue weighted by molar-refractivity contribution is 8.02. The van der Waals surface area contributed by atoms with Crippen molar-refractivity contribution < 1.29 is 38.2 Å². The number of piperidine rings is 2. The SMILES string of the molecule is CCOC(=O)NC(=O)C1CC(CCCOC(=O)NC(=O)C2CC(Cl)SC2NC(=O)C2NC3CNCCC3S2)SC1NC(=O)C1NC2NCCCC2S1. The highest BCUT2D eigenvalue weighted by Crippen LogP contribution is 2.42. The fourth-order valence-corrected chi connectivity index (χ4v) is 13.5. The van der Waals surface area contributed by atoms with Gasteiger partial charge in [0.05, 0.1) is 46.7 Å². The summed E-state index contributed by atoms with van der Waals surface area (Å²) in [6.07, 6.45) is 3.04. The Bertz CT molecular complexity index is 1330. The normalized spacial score (nSPS) is 36.6. The molecule has 12 unspecified atom stereocenters. The lowest BCUT2D eigenvalue weighted by atomic mass is 10.00. The summed E-state index contributed by atoms with van der Waals surface area (Å²) in [5, 5.41) is 22.5. The third-order valence-corrected chi connectivity index (χ3v) is 16.1. The van der Waals surface area contributed by atoms with E-state index in [0.29, 0.717) is 29.8 Å². The molecule has 0 saturated carbocycles. The predicted molar refractivity (Wildman–Crippen MR) is 201 cm³/mol. The fourth-order valence-electron chi connectivity index (χ4n) is 7.24. The zero-order valence-electron chi connectivity index (χ0n) is 28.7. The maximum absolute atomic E-state index is 13.3. The van der Waals surface area contributed by atoms with Crippen LogP contribution >= 0.6 is 58.6 Å².